The van der Waals surface area contributed by atoms with Crippen molar-refractivity contribution in [3.8, 4) is 5.75 Å². The van der Waals surface area contributed by atoms with Gasteiger partial charge in [0, 0.05) is 39.8 Å². The van der Waals surface area contributed by atoms with Crippen molar-refractivity contribution in [3.05, 3.63) is 53.7 Å². The van der Waals surface area contributed by atoms with Gasteiger partial charge in [-0.25, -0.2) is 4.98 Å². The Morgan fingerprint density at radius 3 is 2.50 bits per heavy atom. The average molecular weight is 533 g/mol. The zero-order chi connectivity index (χ0) is 21.2. The monoisotopic (exact) mass is 533 g/mol. The summed E-state index contributed by atoms with van der Waals surface area (Å²) in [6, 6.07) is 10.0. The highest BCUT2D eigenvalue weighted by atomic mass is 127. The number of aliphatic imine (C=N–C) groups is 1. The second-order valence-corrected chi connectivity index (χ2v) is 6.37. The average Bonchev–Trinajstić information content (AvgIpc) is 2.68. The van der Waals surface area contributed by atoms with Crippen LogP contribution in [0.5, 0.6) is 5.75 Å². The number of benzene rings is 1. The van der Waals surface area contributed by atoms with Crippen LogP contribution in [0.15, 0.2) is 47.6 Å². The standard InChI is InChI=1S/C20H25F2N5O2.HI/c1-14-4-9-17(25-12-14)26-18(28)10-11-24-20(23-2)27(3)13-15-5-7-16(8-6-15)29-19(21)22;/h4-9,12,19H,10-11,13H2,1-3H3,(H,23,24)(H,25,26,28);1H. The first-order valence-electron chi connectivity index (χ1n) is 9.05. The third-order valence-corrected chi connectivity index (χ3v) is 3.96. The number of halogens is 3. The number of carbonyl (C=O) groups excluding carboxylic acids is 1. The molecule has 0 radical (unpaired) electrons. The lowest BCUT2D eigenvalue weighted by Gasteiger charge is -2.22. The smallest absolute Gasteiger partial charge is 0.387 e. The number of rotatable bonds is 8. The summed E-state index contributed by atoms with van der Waals surface area (Å²) in [5.41, 5.74) is 1.92. The Labute approximate surface area is 191 Å². The van der Waals surface area contributed by atoms with Gasteiger partial charge in [0.1, 0.15) is 11.6 Å². The molecule has 1 aromatic carbocycles. The highest BCUT2D eigenvalue weighted by molar-refractivity contribution is 14.0. The Morgan fingerprint density at radius 2 is 1.93 bits per heavy atom. The maximum absolute atomic E-state index is 12.2. The van der Waals surface area contributed by atoms with Crippen molar-refractivity contribution < 1.29 is 18.3 Å². The van der Waals surface area contributed by atoms with Gasteiger partial charge in [-0.15, -0.1) is 24.0 Å². The molecule has 0 aliphatic carbocycles. The van der Waals surface area contributed by atoms with E-state index in [1.165, 1.54) is 12.1 Å². The number of hydrogen-bond acceptors (Lipinski definition) is 4. The molecule has 0 atom stereocenters. The number of guanidine groups is 1. The van der Waals surface area contributed by atoms with Gasteiger partial charge in [-0.05, 0) is 36.2 Å². The topological polar surface area (TPSA) is 78.8 Å². The van der Waals surface area contributed by atoms with Gasteiger partial charge in [-0.2, -0.15) is 8.78 Å². The predicted molar refractivity (Wildman–Crippen MR) is 124 cm³/mol. The van der Waals surface area contributed by atoms with E-state index in [9.17, 15) is 13.6 Å². The minimum absolute atomic E-state index is 0. The number of hydrogen-bond donors (Lipinski definition) is 2. The van der Waals surface area contributed by atoms with Crippen LogP contribution in [0.4, 0.5) is 14.6 Å². The molecule has 2 N–H and O–H groups in total. The quantitative estimate of drug-likeness (QED) is 0.308. The van der Waals surface area contributed by atoms with Crippen molar-refractivity contribution in [2.24, 2.45) is 4.99 Å². The van der Waals surface area contributed by atoms with Crippen LogP contribution >= 0.6 is 24.0 Å². The number of alkyl halides is 2. The Bertz CT molecular complexity index is 817. The van der Waals surface area contributed by atoms with E-state index >= 15 is 0 Å². The van der Waals surface area contributed by atoms with Crippen LogP contribution in [0, 0.1) is 6.92 Å². The van der Waals surface area contributed by atoms with Crippen molar-refractivity contribution in [2.45, 2.75) is 26.5 Å². The van der Waals surface area contributed by atoms with E-state index in [-0.39, 0.29) is 42.1 Å². The molecular formula is C20H26F2IN5O2. The van der Waals surface area contributed by atoms with Gasteiger partial charge in [0.15, 0.2) is 5.96 Å². The van der Waals surface area contributed by atoms with Crippen LogP contribution in [-0.4, -0.2) is 49.0 Å². The number of nitrogens with one attached hydrogen (secondary N) is 2. The molecule has 0 spiro atoms. The Hall–Kier alpha value is -2.50. The van der Waals surface area contributed by atoms with E-state index in [0.717, 1.165) is 11.1 Å². The van der Waals surface area contributed by atoms with Crippen LogP contribution in [0.25, 0.3) is 0 Å². The number of pyridine rings is 1. The Morgan fingerprint density at radius 1 is 1.23 bits per heavy atom. The van der Waals surface area contributed by atoms with Crippen LogP contribution in [0.3, 0.4) is 0 Å². The molecule has 0 aliphatic heterocycles. The molecule has 7 nitrogen and oxygen atoms in total. The van der Waals surface area contributed by atoms with Gasteiger partial charge in [-0.3, -0.25) is 9.79 Å². The molecule has 164 valence electrons. The SMILES string of the molecule is CN=C(NCCC(=O)Nc1ccc(C)cn1)N(C)Cc1ccc(OC(F)F)cc1.I. The molecule has 1 amide bonds. The summed E-state index contributed by atoms with van der Waals surface area (Å²) in [5.74, 6) is 1.09. The first kappa shape index (κ1) is 25.5. The molecule has 1 heterocycles. The summed E-state index contributed by atoms with van der Waals surface area (Å²) in [7, 11) is 3.49. The van der Waals surface area contributed by atoms with Gasteiger partial charge in [0.2, 0.25) is 5.91 Å². The van der Waals surface area contributed by atoms with Gasteiger partial charge >= 0.3 is 6.61 Å². The Balaban J connectivity index is 0.00000450. The normalized spacial score (nSPS) is 10.9. The van der Waals surface area contributed by atoms with Gasteiger partial charge in [0.05, 0.1) is 0 Å². The second kappa shape index (κ2) is 12.9. The largest absolute Gasteiger partial charge is 0.435 e. The van der Waals surface area contributed by atoms with E-state index < -0.39 is 6.61 Å². The highest BCUT2D eigenvalue weighted by Gasteiger charge is 2.09. The summed E-state index contributed by atoms with van der Waals surface area (Å²) in [5, 5.41) is 5.86. The van der Waals surface area contributed by atoms with Crippen LogP contribution in [0.1, 0.15) is 17.5 Å². The Kier molecular flexibility index (Phi) is 11.0. The number of anilines is 1. The summed E-state index contributed by atoms with van der Waals surface area (Å²) < 4.78 is 28.8. The van der Waals surface area contributed by atoms with E-state index in [2.05, 4.69) is 25.3 Å². The third-order valence-electron chi connectivity index (χ3n) is 3.96. The summed E-state index contributed by atoms with van der Waals surface area (Å²) >= 11 is 0. The molecule has 10 heteroatoms. The lowest BCUT2D eigenvalue weighted by Crippen LogP contribution is -2.39. The molecule has 0 bridgehead atoms. The lowest BCUT2D eigenvalue weighted by molar-refractivity contribution is -0.116. The van der Waals surface area contributed by atoms with Crippen LogP contribution < -0.4 is 15.4 Å². The van der Waals surface area contributed by atoms with Crippen LogP contribution in [-0.2, 0) is 11.3 Å². The predicted octanol–water partition coefficient (Wildman–Crippen LogP) is 3.65. The van der Waals surface area contributed by atoms with Crippen molar-refractivity contribution in [3.63, 3.8) is 0 Å². The summed E-state index contributed by atoms with van der Waals surface area (Å²) in [6.07, 6.45) is 1.94. The molecule has 0 aliphatic rings. The second-order valence-electron chi connectivity index (χ2n) is 6.37. The fraction of sp³-hybridized carbons (Fsp3) is 0.350. The number of amides is 1. The van der Waals surface area contributed by atoms with Crippen molar-refractivity contribution in [2.75, 3.05) is 26.0 Å². The number of nitrogens with zero attached hydrogens (tertiary/aromatic N) is 3. The minimum Gasteiger partial charge on any atom is -0.435 e. The fourth-order valence-corrected chi connectivity index (χ4v) is 2.54. The minimum atomic E-state index is -2.84. The fourth-order valence-electron chi connectivity index (χ4n) is 2.54. The molecular weight excluding hydrogens is 507 g/mol. The van der Waals surface area contributed by atoms with Gasteiger partial charge in [0.25, 0.3) is 0 Å². The molecule has 30 heavy (non-hydrogen) atoms. The molecule has 2 rings (SSSR count). The number of ether oxygens (including phenoxy) is 1. The number of carbonyl (C=O) groups is 1. The highest BCUT2D eigenvalue weighted by Crippen LogP contribution is 2.15. The number of aromatic nitrogens is 1. The molecule has 0 saturated heterocycles. The lowest BCUT2D eigenvalue weighted by atomic mass is 10.2. The van der Waals surface area contributed by atoms with Gasteiger partial charge < -0.3 is 20.3 Å². The van der Waals surface area contributed by atoms with Gasteiger partial charge in [-0.1, -0.05) is 18.2 Å². The number of aryl methyl sites for hydroxylation is 1. The van der Waals surface area contributed by atoms with E-state index in [1.807, 2.05) is 24.9 Å². The first-order chi connectivity index (χ1) is 13.9. The maximum atomic E-state index is 12.2. The van der Waals surface area contributed by atoms with E-state index in [0.29, 0.717) is 24.9 Å². The van der Waals surface area contributed by atoms with E-state index in [4.69, 9.17) is 0 Å². The zero-order valence-electron chi connectivity index (χ0n) is 17.1. The molecule has 2 aromatic rings. The van der Waals surface area contributed by atoms with Crippen molar-refractivity contribution >= 4 is 41.7 Å². The van der Waals surface area contributed by atoms with Crippen molar-refractivity contribution in [1.29, 1.82) is 0 Å². The van der Waals surface area contributed by atoms with E-state index in [1.54, 1.807) is 31.4 Å². The molecule has 1 aromatic heterocycles. The molecule has 0 saturated carbocycles. The maximum Gasteiger partial charge on any atom is 0.387 e. The zero-order valence-corrected chi connectivity index (χ0v) is 19.4. The molecule has 0 fully saturated rings. The van der Waals surface area contributed by atoms with Crippen molar-refractivity contribution in [1.82, 2.24) is 15.2 Å². The summed E-state index contributed by atoms with van der Waals surface area (Å²) in [4.78, 5) is 22.2. The first-order valence-corrected chi connectivity index (χ1v) is 9.05. The third kappa shape index (κ3) is 8.89. The summed E-state index contributed by atoms with van der Waals surface area (Å²) in [6.45, 7) is -0.00858. The molecule has 0 unspecified atom stereocenters. The van der Waals surface area contributed by atoms with Crippen LogP contribution in [0.2, 0.25) is 0 Å².